The molecule has 0 aliphatic rings. The van der Waals surface area contributed by atoms with Gasteiger partial charge in [-0.2, -0.15) is 0 Å². The maximum Gasteiger partial charge on any atom is 0.168 e. The van der Waals surface area contributed by atoms with Gasteiger partial charge in [0, 0.05) is 29.6 Å². The SMILES string of the molecule is CCc1nccn1-c1nnc(Cl)c2ccccc12. The van der Waals surface area contributed by atoms with Crippen LogP contribution >= 0.6 is 11.6 Å². The molecule has 0 N–H and O–H groups in total. The van der Waals surface area contributed by atoms with E-state index >= 15 is 0 Å². The highest BCUT2D eigenvalue weighted by molar-refractivity contribution is 6.34. The first-order valence-corrected chi connectivity index (χ1v) is 6.12. The van der Waals surface area contributed by atoms with Gasteiger partial charge in [0.1, 0.15) is 5.82 Å². The Balaban J connectivity index is 2.34. The van der Waals surface area contributed by atoms with Crippen LogP contribution in [0.2, 0.25) is 5.15 Å². The molecule has 3 aromatic rings. The van der Waals surface area contributed by atoms with Crippen molar-refractivity contribution in [3.05, 3.63) is 47.6 Å². The summed E-state index contributed by atoms with van der Waals surface area (Å²) in [6, 6.07) is 7.84. The molecule has 3 rings (SSSR count). The average Bonchev–Trinajstić information content (AvgIpc) is 2.88. The van der Waals surface area contributed by atoms with E-state index in [1.807, 2.05) is 35.0 Å². The van der Waals surface area contributed by atoms with Gasteiger partial charge in [-0.3, -0.25) is 4.57 Å². The quantitative estimate of drug-likeness (QED) is 0.710. The third-order valence-electron chi connectivity index (χ3n) is 2.88. The minimum absolute atomic E-state index is 0.424. The molecule has 0 aliphatic carbocycles. The van der Waals surface area contributed by atoms with E-state index in [2.05, 4.69) is 22.1 Å². The minimum atomic E-state index is 0.424. The Morgan fingerprint density at radius 2 is 1.94 bits per heavy atom. The third kappa shape index (κ3) is 1.66. The van der Waals surface area contributed by atoms with Gasteiger partial charge in [0.25, 0.3) is 0 Å². The maximum atomic E-state index is 6.07. The third-order valence-corrected chi connectivity index (χ3v) is 3.16. The number of hydrogen-bond donors (Lipinski definition) is 0. The molecule has 2 aromatic heterocycles. The molecule has 0 unspecified atom stereocenters. The summed E-state index contributed by atoms with van der Waals surface area (Å²) in [5.74, 6) is 1.72. The van der Waals surface area contributed by atoms with E-state index in [-0.39, 0.29) is 0 Å². The normalized spacial score (nSPS) is 11.0. The van der Waals surface area contributed by atoms with Crippen LogP contribution in [0.1, 0.15) is 12.7 Å². The second kappa shape index (κ2) is 4.38. The lowest BCUT2D eigenvalue weighted by Gasteiger charge is -2.08. The Morgan fingerprint density at radius 3 is 2.72 bits per heavy atom. The van der Waals surface area contributed by atoms with Crippen LogP contribution in [-0.2, 0) is 6.42 Å². The number of benzene rings is 1. The van der Waals surface area contributed by atoms with Crippen LogP contribution in [-0.4, -0.2) is 19.7 Å². The molecule has 0 aliphatic heterocycles. The number of fused-ring (bicyclic) bond motifs is 1. The average molecular weight is 259 g/mol. The Hall–Kier alpha value is -1.94. The van der Waals surface area contributed by atoms with Crippen LogP contribution < -0.4 is 0 Å². The zero-order valence-corrected chi connectivity index (χ0v) is 10.6. The minimum Gasteiger partial charge on any atom is -0.286 e. The summed E-state index contributed by atoms with van der Waals surface area (Å²) in [6.45, 7) is 2.06. The molecule has 4 nitrogen and oxygen atoms in total. The molecule has 5 heteroatoms. The number of rotatable bonds is 2. The Labute approximate surface area is 109 Å². The highest BCUT2D eigenvalue weighted by Gasteiger charge is 2.11. The standard InChI is InChI=1S/C13H11ClN4/c1-2-11-15-7-8-18(11)13-10-6-4-3-5-9(10)12(14)16-17-13/h3-8H,2H2,1H3. The van der Waals surface area contributed by atoms with Crippen LogP contribution in [0.3, 0.4) is 0 Å². The van der Waals surface area contributed by atoms with E-state index in [1.165, 1.54) is 0 Å². The molecule has 0 atom stereocenters. The first-order chi connectivity index (χ1) is 8.81. The second-order valence-electron chi connectivity index (χ2n) is 3.93. The summed E-state index contributed by atoms with van der Waals surface area (Å²) >= 11 is 6.07. The number of halogens is 1. The van der Waals surface area contributed by atoms with Crippen LogP contribution in [0, 0.1) is 0 Å². The van der Waals surface area contributed by atoms with Gasteiger partial charge in [0.15, 0.2) is 11.0 Å². The fourth-order valence-electron chi connectivity index (χ4n) is 2.02. The van der Waals surface area contributed by atoms with Crippen LogP contribution in [0.4, 0.5) is 0 Å². The first-order valence-electron chi connectivity index (χ1n) is 5.74. The van der Waals surface area contributed by atoms with Crippen molar-refractivity contribution in [1.29, 1.82) is 0 Å². The highest BCUT2D eigenvalue weighted by atomic mass is 35.5. The molecular weight excluding hydrogens is 248 g/mol. The van der Waals surface area contributed by atoms with E-state index in [1.54, 1.807) is 6.20 Å². The molecule has 0 amide bonds. The molecule has 1 aromatic carbocycles. The van der Waals surface area contributed by atoms with E-state index in [9.17, 15) is 0 Å². The molecule has 18 heavy (non-hydrogen) atoms. The van der Waals surface area contributed by atoms with E-state index < -0.39 is 0 Å². The fourth-order valence-corrected chi connectivity index (χ4v) is 2.23. The van der Waals surface area contributed by atoms with Crippen LogP contribution in [0.15, 0.2) is 36.7 Å². The highest BCUT2D eigenvalue weighted by Crippen LogP contribution is 2.25. The molecule has 0 bridgehead atoms. The van der Waals surface area contributed by atoms with Crippen LogP contribution in [0.5, 0.6) is 0 Å². The van der Waals surface area contributed by atoms with Gasteiger partial charge in [-0.25, -0.2) is 4.98 Å². The molecule has 0 spiro atoms. The lowest BCUT2D eigenvalue weighted by molar-refractivity contribution is 0.848. The molecule has 0 saturated heterocycles. The summed E-state index contributed by atoms with van der Waals surface area (Å²) in [6.07, 6.45) is 4.50. The van der Waals surface area contributed by atoms with E-state index in [0.717, 1.165) is 28.8 Å². The number of aryl methyl sites for hydroxylation is 1. The predicted molar refractivity (Wildman–Crippen MR) is 71.0 cm³/mol. The van der Waals surface area contributed by atoms with Crippen molar-refractivity contribution in [3.8, 4) is 5.82 Å². The van der Waals surface area contributed by atoms with Gasteiger partial charge in [-0.05, 0) is 0 Å². The number of nitrogens with zero attached hydrogens (tertiary/aromatic N) is 4. The fraction of sp³-hybridized carbons (Fsp3) is 0.154. The summed E-state index contributed by atoms with van der Waals surface area (Å²) in [5.41, 5.74) is 0. The number of aromatic nitrogens is 4. The van der Waals surface area contributed by atoms with Crippen molar-refractivity contribution in [2.45, 2.75) is 13.3 Å². The van der Waals surface area contributed by atoms with Gasteiger partial charge in [-0.1, -0.05) is 42.8 Å². The number of hydrogen-bond acceptors (Lipinski definition) is 3. The molecule has 2 heterocycles. The van der Waals surface area contributed by atoms with Gasteiger partial charge in [-0.15, -0.1) is 10.2 Å². The summed E-state index contributed by atoms with van der Waals surface area (Å²) in [4.78, 5) is 4.30. The van der Waals surface area contributed by atoms with Crippen LogP contribution in [0.25, 0.3) is 16.6 Å². The zero-order valence-electron chi connectivity index (χ0n) is 9.84. The van der Waals surface area contributed by atoms with Gasteiger partial charge < -0.3 is 0 Å². The van der Waals surface area contributed by atoms with Crippen molar-refractivity contribution in [2.24, 2.45) is 0 Å². The van der Waals surface area contributed by atoms with Gasteiger partial charge >= 0.3 is 0 Å². The summed E-state index contributed by atoms with van der Waals surface area (Å²) in [5, 5.41) is 10.5. The van der Waals surface area contributed by atoms with E-state index in [0.29, 0.717) is 5.15 Å². The topological polar surface area (TPSA) is 43.6 Å². The Kier molecular flexibility index (Phi) is 2.72. The van der Waals surface area contributed by atoms with Crippen molar-refractivity contribution in [2.75, 3.05) is 0 Å². The molecular formula is C13H11ClN4. The number of imidazole rings is 1. The first kappa shape index (κ1) is 11.2. The largest absolute Gasteiger partial charge is 0.286 e. The molecule has 0 saturated carbocycles. The lowest BCUT2D eigenvalue weighted by atomic mass is 10.2. The summed E-state index contributed by atoms with van der Waals surface area (Å²) < 4.78 is 1.95. The van der Waals surface area contributed by atoms with Gasteiger partial charge in [0.05, 0.1) is 0 Å². The molecule has 0 radical (unpaired) electrons. The second-order valence-corrected chi connectivity index (χ2v) is 4.29. The van der Waals surface area contributed by atoms with Crippen molar-refractivity contribution >= 4 is 22.4 Å². The zero-order chi connectivity index (χ0) is 12.5. The smallest absolute Gasteiger partial charge is 0.168 e. The Morgan fingerprint density at radius 1 is 1.17 bits per heavy atom. The van der Waals surface area contributed by atoms with Crippen molar-refractivity contribution in [1.82, 2.24) is 19.7 Å². The monoisotopic (exact) mass is 258 g/mol. The predicted octanol–water partition coefficient (Wildman–Crippen LogP) is 3.03. The van der Waals surface area contributed by atoms with Gasteiger partial charge in [0.2, 0.25) is 0 Å². The molecule has 90 valence electrons. The maximum absolute atomic E-state index is 6.07. The van der Waals surface area contributed by atoms with E-state index in [4.69, 9.17) is 11.6 Å². The lowest BCUT2D eigenvalue weighted by Crippen LogP contribution is -2.04. The Bertz CT molecular complexity index is 705. The molecule has 0 fully saturated rings. The summed E-state index contributed by atoms with van der Waals surface area (Å²) in [7, 11) is 0. The van der Waals surface area contributed by atoms with Crippen molar-refractivity contribution < 1.29 is 0 Å². The van der Waals surface area contributed by atoms with Crippen molar-refractivity contribution in [3.63, 3.8) is 0 Å².